The summed E-state index contributed by atoms with van der Waals surface area (Å²) in [6, 6.07) is 0. The number of hydrogen-bond acceptors (Lipinski definition) is 5. The summed E-state index contributed by atoms with van der Waals surface area (Å²) in [6.07, 6.45) is 2.48. The third kappa shape index (κ3) is 2.43. The minimum Gasteiger partial charge on any atom is -0.476 e. The van der Waals surface area contributed by atoms with Crippen molar-refractivity contribution in [2.45, 2.75) is 37.6 Å². The van der Waals surface area contributed by atoms with Crippen molar-refractivity contribution in [3.8, 4) is 0 Å². The summed E-state index contributed by atoms with van der Waals surface area (Å²) in [5.41, 5.74) is 0.560. The first-order valence-corrected chi connectivity index (χ1v) is 8.28. The number of rotatable bonds is 3. The predicted octanol–water partition coefficient (Wildman–Crippen LogP) is 1.85. The Morgan fingerprint density at radius 2 is 2.24 bits per heavy atom. The van der Waals surface area contributed by atoms with Crippen LogP contribution in [0.15, 0.2) is 0 Å². The quantitative estimate of drug-likeness (QED) is 0.858. The highest BCUT2D eigenvalue weighted by atomic mass is 32.2. The van der Waals surface area contributed by atoms with Gasteiger partial charge in [-0.05, 0) is 25.0 Å². The Labute approximate surface area is 126 Å². The zero-order chi connectivity index (χ0) is 15.0. The van der Waals surface area contributed by atoms with E-state index < -0.39 is 11.9 Å². The number of carboxylic acid groups (broad SMARTS) is 1. The van der Waals surface area contributed by atoms with Crippen LogP contribution in [0.2, 0.25) is 0 Å². The highest BCUT2D eigenvalue weighted by Gasteiger charge is 2.37. The normalized spacial score (nSPS) is 24.6. The van der Waals surface area contributed by atoms with Gasteiger partial charge in [0.2, 0.25) is 0 Å². The number of thioether (sulfide) groups is 1. The van der Waals surface area contributed by atoms with Gasteiger partial charge in [0.25, 0.3) is 0 Å². The van der Waals surface area contributed by atoms with Crippen molar-refractivity contribution in [1.29, 1.82) is 0 Å². The Morgan fingerprint density at radius 3 is 2.86 bits per heavy atom. The Kier molecular flexibility index (Phi) is 3.93. The minimum absolute atomic E-state index is 0.0250. The number of aromatic carboxylic acids is 1. The minimum atomic E-state index is -1.06. The van der Waals surface area contributed by atoms with Gasteiger partial charge in [0.15, 0.2) is 5.69 Å². The van der Waals surface area contributed by atoms with Crippen molar-refractivity contribution in [2.24, 2.45) is 0 Å². The molecule has 6 nitrogen and oxygen atoms in total. The number of esters is 1. The van der Waals surface area contributed by atoms with E-state index in [1.807, 2.05) is 16.3 Å². The summed E-state index contributed by atoms with van der Waals surface area (Å²) >= 11 is 1.86. The van der Waals surface area contributed by atoms with Crippen LogP contribution in [-0.2, 0) is 16.1 Å². The molecule has 2 aliphatic heterocycles. The molecule has 0 aromatic carbocycles. The van der Waals surface area contributed by atoms with Crippen LogP contribution < -0.4 is 0 Å². The van der Waals surface area contributed by atoms with Gasteiger partial charge in [0.1, 0.15) is 5.82 Å². The van der Waals surface area contributed by atoms with Crippen molar-refractivity contribution >= 4 is 23.7 Å². The maximum absolute atomic E-state index is 12.0. The second kappa shape index (κ2) is 5.71. The summed E-state index contributed by atoms with van der Waals surface area (Å²) in [5.74, 6) is 1.23. The zero-order valence-electron chi connectivity index (χ0n) is 11.9. The van der Waals surface area contributed by atoms with Gasteiger partial charge in [-0.1, -0.05) is 0 Å². The SMILES string of the molecule is COC(=O)C1CCCn2c(C3CCSC3)nc(C(=O)O)c21. The first-order chi connectivity index (χ1) is 10.1. The molecule has 1 aromatic rings. The second-order valence-electron chi connectivity index (χ2n) is 5.44. The molecule has 3 heterocycles. The van der Waals surface area contributed by atoms with Crippen LogP contribution >= 0.6 is 11.8 Å². The van der Waals surface area contributed by atoms with E-state index in [-0.39, 0.29) is 11.7 Å². The summed E-state index contributed by atoms with van der Waals surface area (Å²) in [6.45, 7) is 0.736. The number of methoxy groups -OCH3 is 1. The van der Waals surface area contributed by atoms with E-state index in [1.54, 1.807) is 0 Å². The van der Waals surface area contributed by atoms with Gasteiger partial charge in [-0.25, -0.2) is 9.78 Å². The number of aromatic nitrogens is 2. The summed E-state index contributed by atoms with van der Waals surface area (Å²) in [7, 11) is 1.34. The molecule has 0 radical (unpaired) electrons. The van der Waals surface area contributed by atoms with Crippen LogP contribution in [0.25, 0.3) is 0 Å². The number of hydrogen-bond donors (Lipinski definition) is 1. The van der Waals surface area contributed by atoms with E-state index in [2.05, 4.69) is 4.98 Å². The maximum atomic E-state index is 12.0. The van der Waals surface area contributed by atoms with Gasteiger partial charge in [-0.15, -0.1) is 0 Å². The number of carbonyl (C=O) groups is 2. The van der Waals surface area contributed by atoms with Crippen LogP contribution in [0, 0.1) is 0 Å². The molecule has 0 bridgehead atoms. The molecule has 7 heteroatoms. The van der Waals surface area contributed by atoms with Crippen LogP contribution in [0.5, 0.6) is 0 Å². The molecule has 21 heavy (non-hydrogen) atoms. The molecule has 1 fully saturated rings. The van der Waals surface area contributed by atoms with Crippen LogP contribution in [0.3, 0.4) is 0 Å². The van der Waals surface area contributed by atoms with E-state index in [1.165, 1.54) is 7.11 Å². The molecule has 0 spiro atoms. The number of fused-ring (bicyclic) bond motifs is 1. The summed E-state index contributed by atoms with van der Waals surface area (Å²) in [4.78, 5) is 27.9. The molecule has 114 valence electrons. The Morgan fingerprint density at radius 1 is 1.43 bits per heavy atom. The van der Waals surface area contributed by atoms with Crippen molar-refractivity contribution < 1.29 is 19.4 Å². The van der Waals surface area contributed by atoms with E-state index in [4.69, 9.17) is 4.74 Å². The molecule has 0 amide bonds. The number of carbonyl (C=O) groups excluding carboxylic acids is 1. The third-order valence-corrected chi connectivity index (χ3v) is 5.39. The lowest BCUT2D eigenvalue weighted by atomic mass is 9.94. The lowest BCUT2D eigenvalue weighted by molar-refractivity contribution is -0.143. The molecular formula is C14H18N2O4S. The third-order valence-electron chi connectivity index (χ3n) is 4.22. The molecule has 2 aliphatic rings. The molecule has 1 aromatic heterocycles. The van der Waals surface area contributed by atoms with Crippen molar-refractivity contribution in [1.82, 2.24) is 9.55 Å². The monoisotopic (exact) mass is 310 g/mol. The fourth-order valence-corrected chi connectivity index (χ4v) is 4.46. The number of nitrogens with zero attached hydrogens (tertiary/aromatic N) is 2. The Bertz CT molecular complexity index is 578. The van der Waals surface area contributed by atoms with Gasteiger partial charge >= 0.3 is 11.9 Å². The average Bonchev–Trinajstić information content (AvgIpc) is 3.12. The van der Waals surface area contributed by atoms with Gasteiger partial charge in [-0.2, -0.15) is 11.8 Å². The second-order valence-corrected chi connectivity index (χ2v) is 6.59. The maximum Gasteiger partial charge on any atom is 0.356 e. The predicted molar refractivity (Wildman–Crippen MR) is 77.9 cm³/mol. The van der Waals surface area contributed by atoms with Crippen molar-refractivity contribution in [3.63, 3.8) is 0 Å². The molecule has 1 saturated heterocycles. The largest absolute Gasteiger partial charge is 0.476 e. The van der Waals surface area contributed by atoms with Crippen molar-refractivity contribution in [3.05, 3.63) is 17.2 Å². The van der Waals surface area contributed by atoms with Gasteiger partial charge < -0.3 is 14.4 Å². The van der Waals surface area contributed by atoms with Gasteiger partial charge in [0, 0.05) is 18.2 Å². The molecule has 1 N–H and O–H groups in total. The number of carboxylic acids is 1. The standard InChI is InChI=1S/C14H18N2O4S/c1-20-14(19)9-3-2-5-16-11(9)10(13(17)18)15-12(16)8-4-6-21-7-8/h8-9H,2-7H2,1H3,(H,17,18). The fourth-order valence-electron chi connectivity index (χ4n) is 3.24. The first kappa shape index (κ1) is 14.4. The van der Waals surface area contributed by atoms with Crippen LogP contribution in [-0.4, -0.2) is 45.2 Å². The highest BCUT2D eigenvalue weighted by Crippen LogP contribution is 2.38. The molecular weight excluding hydrogens is 292 g/mol. The Balaban J connectivity index is 2.10. The highest BCUT2D eigenvalue weighted by molar-refractivity contribution is 7.99. The molecule has 2 atom stereocenters. The van der Waals surface area contributed by atoms with E-state index in [0.29, 0.717) is 18.0 Å². The molecule has 2 unspecified atom stereocenters. The summed E-state index contributed by atoms with van der Waals surface area (Å²) in [5, 5.41) is 9.44. The number of imidazole rings is 1. The van der Waals surface area contributed by atoms with Gasteiger partial charge in [-0.3, -0.25) is 4.79 Å². The van der Waals surface area contributed by atoms with E-state index in [9.17, 15) is 14.7 Å². The molecule has 3 rings (SSSR count). The van der Waals surface area contributed by atoms with Crippen LogP contribution in [0.1, 0.15) is 53.1 Å². The topological polar surface area (TPSA) is 81.4 Å². The molecule has 0 saturated carbocycles. The lowest BCUT2D eigenvalue weighted by Crippen LogP contribution is -2.26. The van der Waals surface area contributed by atoms with Crippen molar-refractivity contribution in [2.75, 3.05) is 18.6 Å². The first-order valence-electron chi connectivity index (χ1n) is 7.12. The van der Waals surface area contributed by atoms with E-state index >= 15 is 0 Å². The van der Waals surface area contributed by atoms with Gasteiger partial charge in [0.05, 0.1) is 18.7 Å². The molecule has 0 aliphatic carbocycles. The number of ether oxygens (including phenoxy) is 1. The smallest absolute Gasteiger partial charge is 0.356 e. The summed E-state index contributed by atoms with van der Waals surface area (Å²) < 4.78 is 6.80. The fraction of sp³-hybridized carbons (Fsp3) is 0.643. The lowest BCUT2D eigenvalue weighted by Gasteiger charge is -2.25. The zero-order valence-corrected chi connectivity index (χ0v) is 12.7. The van der Waals surface area contributed by atoms with E-state index in [0.717, 1.165) is 36.7 Å². The Hall–Kier alpha value is -1.50. The average molecular weight is 310 g/mol. The van der Waals surface area contributed by atoms with Crippen LogP contribution in [0.4, 0.5) is 0 Å².